The summed E-state index contributed by atoms with van der Waals surface area (Å²) in [6, 6.07) is 14.3. The molecule has 2 aromatic rings. The molecular formula is C17H17NO3. The number of aromatic hydroxyl groups is 1. The highest BCUT2D eigenvalue weighted by molar-refractivity contribution is 5.73. The molecular weight excluding hydrogens is 266 g/mol. The molecule has 4 heteroatoms. The maximum atomic E-state index is 11.0. The van der Waals surface area contributed by atoms with Crippen molar-refractivity contribution in [1.82, 2.24) is 0 Å². The number of phenolic OH excluding ortho intramolecular Hbond substituents is 1. The van der Waals surface area contributed by atoms with Gasteiger partial charge in [-0.15, -0.1) is 0 Å². The van der Waals surface area contributed by atoms with Crippen molar-refractivity contribution < 1.29 is 15.0 Å². The first-order valence-electron chi connectivity index (χ1n) is 6.55. The summed E-state index contributed by atoms with van der Waals surface area (Å²) in [6.45, 7) is 4.08. The molecule has 0 aliphatic heterocycles. The Balaban J connectivity index is 2.20. The largest absolute Gasteiger partial charge is 0.508 e. The molecule has 0 aliphatic carbocycles. The number of carboxylic acids is 1. The standard InChI is InChI=1S/C17H17NO3/c1-2-13-3-5-14(6-4-13)11-18(12-17(20)21)15-7-9-16(19)10-8-15/h2-10,19H,1,11-12H2,(H,20,21). The van der Waals surface area contributed by atoms with Crippen LogP contribution in [0.25, 0.3) is 6.08 Å². The third kappa shape index (κ3) is 4.11. The minimum Gasteiger partial charge on any atom is -0.508 e. The molecule has 0 unspecified atom stereocenters. The second-order valence-electron chi connectivity index (χ2n) is 4.71. The summed E-state index contributed by atoms with van der Waals surface area (Å²) in [5.74, 6) is -0.741. The van der Waals surface area contributed by atoms with Crippen LogP contribution in [0.15, 0.2) is 55.1 Å². The first-order valence-corrected chi connectivity index (χ1v) is 6.55. The molecule has 0 aliphatic rings. The van der Waals surface area contributed by atoms with Crippen molar-refractivity contribution in [1.29, 1.82) is 0 Å². The Morgan fingerprint density at radius 1 is 1.10 bits per heavy atom. The van der Waals surface area contributed by atoms with E-state index < -0.39 is 5.97 Å². The maximum Gasteiger partial charge on any atom is 0.323 e. The highest BCUT2D eigenvalue weighted by atomic mass is 16.4. The molecule has 0 atom stereocenters. The van der Waals surface area contributed by atoms with Gasteiger partial charge in [0.25, 0.3) is 0 Å². The zero-order chi connectivity index (χ0) is 15.2. The van der Waals surface area contributed by atoms with Crippen LogP contribution in [0.4, 0.5) is 5.69 Å². The van der Waals surface area contributed by atoms with Crippen molar-refractivity contribution in [3.05, 3.63) is 66.2 Å². The van der Waals surface area contributed by atoms with Crippen LogP contribution < -0.4 is 4.90 Å². The summed E-state index contributed by atoms with van der Waals surface area (Å²) in [6.07, 6.45) is 1.76. The molecule has 2 rings (SSSR count). The molecule has 0 heterocycles. The van der Waals surface area contributed by atoms with Gasteiger partial charge in [-0.25, -0.2) is 0 Å². The summed E-state index contributed by atoms with van der Waals surface area (Å²) >= 11 is 0. The Hall–Kier alpha value is -2.75. The number of carboxylic acid groups (broad SMARTS) is 1. The van der Waals surface area contributed by atoms with Crippen LogP contribution in [0.1, 0.15) is 11.1 Å². The lowest BCUT2D eigenvalue weighted by Gasteiger charge is -2.23. The van der Waals surface area contributed by atoms with Crippen molar-refractivity contribution in [2.75, 3.05) is 11.4 Å². The van der Waals surface area contributed by atoms with Crippen LogP contribution in [0.3, 0.4) is 0 Å². The van der Waals surface area contributed by atoms with E-state index >= 15 is 0 Å². The monoisotopic (exact) mass is 283 g/mol. The van der Waals surface area contributed by atoms with Crippen LogP contribution in [0.5, 0.6) is 5.75 Å². The molecule has 0 saturated carbocycles. The fourth-order valence-corrected chi connectivity index (χ4v) is 2.04. The molecule has 0 fully saturated rings. The van der Waals surface area contributed by atoms with Gasteiger partial charge in [-0.3, -0.25) is 4.79 Å². The summed E-state index contributed by atoms with van der Waals surface area (Å²) in [5.41, 5.74) is 2.78. The summed E-state index contributed by atoms with van der Waals surface area (Å²) in [7, 11) is 0. The lowest BCUT2D eigenvalue weighted by Crippen LogP contribution is -2.29. The van der Waals surface area contributed by atoms with Crippen molar-refractivity contribution in [2.24, 2.45) is 0 Å². The number of nitrogens with zero attached hydrogens (tertiary/aromatic N) is 1. The van der Waals surface area contributed by atoms with Gasteiger partial charge in [0.15, 0.2) is 0 Å². The minimum atomic E-state index is -0.897. The number of hydrogen-bond acceptors (Lipinski definition) is 3. The zero-order valence-electron chi connectivity index (χ0n) is 11.6. The van der Waals surface area contributed by atoms with E-state index in [0.717, 1.165) is 16.8 Å². The third-order valence-corrected chi connectivity index (χ3v) is 3.13. The number of hydrogen-bond donors (Lipinski definition) is 2. The fraction of sp³-hybridized carbons (Fsp3) is 0.118. The van der Waals surface area contributed by atoms with Gasteiger partial charge in [0, 0.05) is 12.2 Å². The van der Waals surface area contributed by atoms with Gasteiger partial charge in [-0.05, 0) is 35.4 Å². The van der Waals surface area contributed by atoms with E-state index in [-0.39, 0.29) is 12.3 Å². The summed E-state index contributed by atoms with van der Waals surface area (Å²) in [5, 5.41) is 18.4. The third-order valence-electron chi connectivity index (χ3n) is 3.13. The van der Waals surface area contributed by atoms with E-state index in [2.05, 4.69) is 6.58 Å². The van der Waals surface area contributed by atoms with E-state index in [1.54, 1.807) is 35.2 Å². The van der Waals surface area contributed by atoms with Crippen LogP contribution >= 0.6 is 0 Å². The maximum absolute atomic E-state index is 11.0. The van der Waals surface area contributed by atoms with Crippen molar-refractivity contribution in [3.8, 4) is 5.75 Å². The van der Waals surface area contributed by atoms with Gasteiger partial charge in [-0.1, -0.05) is 36.9 Å². The predicted molar refractivity (Wildman–Crippen MR) is 83.3 cm³/mol. The van der Waals surface area contributed by atoms with E-state index in [1.807, 2.05) is 24.3 Å². The van der Waals surface area contributed by atoms with Gasteiger partial charge in [-0.2, -0.15) is 0 Å². The normalized spacial score (nSPS) is 10.1. The SMILES string of the molecule is C=Cc1ccc(CN(CC(=O)O)c2ccc(O)cc2)cc1. The van der Waals surface area contributed by atoms with Crippen LogP contribution in [-0.4, -0.2) is 22.7 Å². The molecule has 21 heavy (non-hydrogen) atoms. The minimum absolute atomic E-state index is 0.103. The fourth-order valence-electron chi connectivity index (χ4n) is 2.04. The highest BCUT2D eigenvalue weighted by Gasteiger charge is 2.11. The van der Waals surface area contributed by atoms with Crippen molar-refractivity contribution >= 4 is 17.7 Å². The van der Waals surface area contributed by atoms with Crippen LogP contribution in [-0.2, 0) is 11.3 Å². The molecule has 0 bridgehead atoms. The van der Waals surface area contributed by atoms with Gasteiger partial charge in [0.2, 0.25) is 0 Å². The molecule has 108 valence electrons. The van der Waals surface area contributed by atoms with Crippen molar-refractivity contribution in [3.63, 3.8) is 0 Å². The molecule has 0 radical (unpaired) electrons. The number of rotatable bonds is 6. The number of aliphatic carboxylic acids is 1. The highest BCUT2D eigenvalue weighted by Crippen LogP contribution is 2.20. The average Bonchev–Trinajstić information content (AvgIpc) is 2.48. The number of carbonyl (C=O) groups is 1. The average molecular weight is 283 g/mol. The van der Waals surface area contributed by atoms with Gasteiger partial charge < -0.3 is 15.1 Å². The van der Waals surface area contributed by atoms with E-state index in [9.17, 15) is 9.90 Å². The van der Waals surface area contributed by atoms with Crippen molar-refractivity contribution in [2.45, 2.75) is 6.54 Å². The first kappa shape index (κ1) is 14.7. The Bertz CT molecular complexity index is 617. The van der Waals surface area contributed by atoms with Gasteiger partial charge in [0.05, 0.1) is 0 Å². The second-order valence-corrected chi connectivity index (χ2v) is 4.71. The van der Waals surface area contributed by atoms with Gasteiger partial charge >= 0.3 is 5.97 Å². The van der Waals surface area contributed by atoms with E-state index in [4.69, 9.17) is 5.11 Å². The Morgan fingerprint density at radius 3 is 2.24 bits per heavy atom. The topological polar surface area (TPSA) is 60.8 Å². The lowest BCUT2D eigenvalue weighted by molar-refractivity contribution is -0.135. The first-order chi connectivity index (χ1) is 10.1. The van der Waals surface area contributed by atoms with E-state index in [0.29, 0.717) is 6.54 Å². The lowest BCUT2D eigenvalue weighted by atomic mass is 10.1. The Labute approximate surface area is 123 Å². The quantitative estimate of drug-likeness (QED) is 0.855. The van der Waals surface area contributed by atoms with Crippen LogP contribution in [0.2, 0.25) is 0 Å². The zero-order valence-corrected chi connectivity index (χ0v) is 11.6. The molecule has 2 aromatic carbocycles. The second kappa shape index (κ2) is 6.61. The number of anilines is 1. The van der Waals surface area contributed by atoms with E-state index in [1.165, 1.54) is 0 Å². The number of benzene rings is 2. The predicted octanol–water partition coefficient (Wildman–Crippen LogP) is 3.13. The molecule has 0 aromatic heterocycles. The number of phenols is 1. The Morgan fingerprint density at radius 2 is 1.71 bits per heavy atom. The molecule has 2 N–H and O–H groups in total. The molecule has 0 amide bonds. The van der Waals surface area contributed by atoms with Crippen LogP contribution in [0, 0.1) is 0 Å². The molecule has 4 nitrogen and oxygen atoms in total. The smallest absolute Gasteiger partial charge is 0.323 e. The summed E-state index contributed by atoms with van der Waals surface area (Å²) in [4.78, 5) is 12.8. The summed E-state index contributed by atoms with van der Waals surface area (Å²) < 4.78 is 0. The molecule has 0 saturated heterocycles. The van der Waals surface area contributed by atoms with Gasteiger partial charge in [0.1, 0.15) is 12.3 Å². The molecule has 0 spiro atoms. The Kier molecular flexibility index (Phi) is 4.61.